The van der Waals surface area contributed by atoms with E-state index < -0.39 is 0 Å². The molecule has 0 spiro atoms. The van der Waals surface area contributed by atoms with Crippen molar-refractivity contribution in [3.05, 3.63) is 29.7 Å². The molecule has 0 amide bonds. The summed E-state index contributed by atoms with van der Waals surface area (Å²) in [5, 5.41) is 17.1. The predicted octanol–water partition coefficient (Wildman–Crippen LogP) is 2.35. The molecule has 1 aromatic heterocycles. The van der Waals surface area contributed by atoms with Crippen molar-refractivity contribution in [2.45, 2.75) is 19.3 Å². The number of fused-ring (bicyclic) bond motifs is 1. The lowest BCUT2D eigenvalue weighted by Crippen LogP contribution is -1.86. The van der Waals surface area contributed by atoms with Crippen LogP contribution in [-0.4, -0.2) is 4.98 Å². The van der Waals surface area contributed by atoms with Crippen LogP contribution in [0.25, 0.3) is 11.1 Å². The van der Waals surface area contributed by atoms with Gasteiger partial charge in [0, 0.05) is 6.42 Å². The quantitative estimate of drug-likeness (QED) is 0.781. The first-order valence-corrected chi connectivity index (χ1v) is 4.96. The highest BCUT2D eigenvalue weighted by Crippen LogP contribution is 2.20. The maximum absolute atomic E-state index is 8.56. The van der Waals surface area contributed by atoms with Crippen LogP contribution in [0, 0.1) is 22.7 Å². The molecule has 0 radical (unpaired) electrons. The maximum Gasteiger partial charge on any atom is 0.209 e. The fourth-order valence-electron chi connectivity index (χ4n) is 1.59. The number of oxazole rings is 1. The van der Waals surface area contributed by atoms with E-state index in [-0.39, 0.29) is 6.42 Å². The predicted molar refractivity (Wildman–Crippen MR) is 57.3 cm³/mol. The van der Waals surface area contributed by atoms with Gasteiger partial charge in [-0.3, -0.25) is 0 Å². The van der Waals surface area contributed by atoms with Gasteiger partial charge in [0.2, 0.25) is 5.89 Å². The normalized spacial score (nSPS) is 9.88. The van der Waals surface area contributed by atoms with Gasteiger partial charge in [0.15, 0.2) is 5.58 Å². The van der Waals surface area contributed by atoms with Gasteiger partial charge >= 0.3 is 0 Å². The summed E-state index contributed by atoms with van der Waals surface area (Å²) in [7, 11) is 0. The Labute approximate surface area is 92.7 Å². The SMILES string of the molecule is N#CCCc1cccc2oc(CC#N)nc12. The third-order valence-electron chi connectivity index (χ3n) is 2.28. The molecular weight excluding hydrogens is 202 g/mol. The summed E-state index contributed by atoms with van der Waals surface area (Å²) >= 11 is 0. The molecule has 16 heavy (non-hydrogen) atoms. The Bertz CT molecular complexity index is 586. The lowest BCUT2D eigenvalue weighted by molar-refractivity contribution is 0.548. The van der Waals surface area contributed by atoms with E-state index in [9.17, 15) is 0 Å². The molecule has 0 unspecified atom stereocenters. The number of nitrogens with zero attached hydrogens (tertiary/aromatic N) is 3. The Kier molecular flexibility index (Phi) is 2.84. The van der Waals surface area contributed by atoms with Gasteiger partial charge in [-0.1, -0.05) is 12.1 Å². The molecule has 0 bridgehead atoms. The summed E-state index contributed by atoms with van der Waals surface area (Å²) in [4.78, 5) is 4.26. The third kappa shape index (κ3) is 1.87. The zero-order valence-corrected chi connectivity index (χ0v) is 8.60. The van der Waals surface area contributed by atoms with Crippen molar-refractivity contribution in [3.8, 4) is 12.1 Å². The van der Waals surface area contributed by atoms with Gasteiger partial charge in [0.25, 0.3) is 0 Å². The molecule has 2 rings (SSSR count). The Hall–Kier alpha value is -2.33. The lowest BCUT2D eigenvalue weighted by atomic mass is 10.1. The minimum atomic E-state index is 0.173. The minimum absolute atomic E-state index is 0.173. The van der Waals surface area contributed by atoms with Gasteiger partial charge in [0.05, 0.1) is 12.1 Å². The van der Waals surface area contributed by atoms with Crippen molar-refractivity contribution in [2.75, 3.05) is 0 Å². The molecule has 0 saturated heterocycles. The number of para-hydroxylation sites is 1. The van der Waals surface area contributed by atoms with Gasteiger partial charge in [-0.15, -0.1) is 0 Å². The van der Waals surface area contributed by atoms with Gasteiger partial charge in [-0.05, 0) is 18.1 Å². The molecule has 0 saturated carbocycles. The number of aromatic nitrogens is 1. The second kappa shape index (κ2) is 4.46. The van der Waals surface area contributed by atoms with Gasteiger partial charge < -0.3 is 4.42 Å². The van der Waals surface area contributed by atoms with E-state index in [0.717, 1.165) is 11.1 Å². The molecule has 0 atom stereocenters. The van der Waals surface area contributed by atoms with Crippen LogP contribution >= 0.6 is 0 Å². The van der Waals surface area contributed by atoms with Crippen LogP contribution in [0.4, 0.5) is 0 Å². The summed E-state index contributed by atoms with van der Waals surface area (Å²) in [5.74, 6) is 0.432. The van der Waals surface area contributed by atoms with Crippen molar-refractivity contribution in [2.24, 2.45) is 0 Å². The van der Waals surface area contributed by atoms with Crippen LogP contribution in [-0.2, 0) is 12.8 Å². The zero-order valence-electron chi connectivity index (χ0n) is 8.60. The number of rotatable bonds is 3. The van der Waals surface area contributed by atoms with Crippen molar-refractivity contribution >= 4 is 11.1 Å². The van der Waals surface area contributed by atoms with Crippen LogP contribution in [0.15, 0.2) is 22.6 Å². The molecule has 0 aliphatic heterocycles. The van der Waals surface area contributed by atoms with Crippen molar-refractivity contribution in [3.63, 3.8) is 0 Å². The average molecular weight is 211 g/mol. The highest BCUT2D eigenvalue weighted by molar-refractivity contribution is 5.76. The van der Waals surface area contributed by atoms with Crippen molar-refractivity contribution < 1.29 is 4.42 Å². The monoisotopic (exact) mass is 211 g/mol. The van der Waals surface area contributed by atoms with Gasteiger partial charge in [-0.2, -0.15) is 10.5 Å². The largest absolute Gasteiger partial charge is 0.440 e. The van der Waals surface area contributed by atoms with Crippen LogP contribution in [0.3, 0.4) is 0 Å². The number of benzene rings is 1. The smallest absolute Gasteiger partial charge is 0.209 e. The highest BCUT2D eigenvalue weighted by atomic mass is 16.3. The summed E-state index contributed by atoms with van der Waals surface area (Å²) in [6.07, 6.45) is 1.29. The molecule has 0 aliphatic rings. The molecule has 0 N–H and O–H groups in total. The molecule has 4 nitrogen and oxygen atoms in total. The van der Waals surface area contributed by atoms with Crippen LogP contribution in [0.2, 0.25) is 0 Å². The zero-order chi connectivity index (χ0) is 11.4. The first-order valence-electron chi connectivity index (χ1n) is 4.96. The Morgan fingerprint density at radius 2 is 2.12 bits per heavy atom. The van der Waals surface area contributed by atoms with Crippen molar-refractivity contribution in [1.82, 2.24) is 4.98 Å². The van der Waals surface area contributed by atoms with E-state index in [0.29, 0.717) is 24.3 Å². The highest BCUT2D eigenvalue weighted by Gasteiger charge is 2.08. The Balaban J connectivity index is 2.43. The van der Waals surface area contributed by atoms with E-state index in [1.165, 1.54) is 0 Å². The molecule has 0 fully saturated rings. The number of hydrogen-bond acceptors (Lipinski definition) is 4. The Morgan fingerprint density at radius 3 is 2.88 bits per heavy atom. The number of nitriles is 2. The molecule has 1 aromatic carbocycles. The lowest BCUT2D eigenvalue weighted by Gasteiger charge is -1.96. The first kappa shape index (κ1) is 10.2. The van der Waals surface area contributed by atoms with Crippen LogP contribution in [0.5, 0.6) is 0 Å². The molecular formula is C12H9N3O. The van der Waals surface area contributed by atoms with E-state index >= 15 is 0 Å². The Morgan fingerprint density at radius 1 is 1.25 bits per heavy atom. The second-order valence-electron chi connectivity index (χ2n) is 3.36. The van der Waals surface area contributed by atoms with E-state index in [1.807, 2.05) is 24.3 Å². The first-order chi connectivity index (χ1) is 7.85. The van der Waals surface area contributed by atoms with Crippen molar-refractivity contribution in [1.29, 1.82) is 10.5 Å². The fourth-order valence-corrected chi connectivity index (χ4v) is 1.59. The number of aryl methyl sites for hydroxylation is 1. The summed E-state index contributed by atoms with van der Waals surface area (Å²) in [5.41, 5.74) is 2.44. The summed E-state index contributed by atoms with van der Waals surface area (Å²) in [6, 6.07) is 9.72. The molecule has 4 heteroatoms. The average Bonchev–Trinajstić information content (AvgIpc) is 2.69. The molecule has 2 aromatic rings. The molecule has 0 aliphatic carbocycles. The second-order valence-corrected chi connectivity index (χ2v) is 3.36. The van der Waals surface area contributed by atoms with E-state index in [1.54, 1.807) is 0 Å². The van der Waals surface area contributed by atoms with Gasteiger partial charge in [0.1, 0.15) is 11.9 Å². The standard InChI is InChI=1S/C12H9N3O/c13-7-2-4-9-3-1-5-10-12(9)15-11(16-10)6-8-14/h1,3,5H,2,4,6H2. The summed E-state index contributed by atoms with van der Waals surface area (Å²) in [6.45, 7) is 0. The minimum Gasteiger partial charge on any atom is -0.440 e. The number of hydrogen-bond donors (Lipinski definition) is 0. The molecule has 78 valence electrons. The van der Waals surface area contributed by atoms with Crippen LogP contribution in [0.1, 0.15) is 17.9 Å². The fraction of sp³-hybridized carbons (Fsp3) is 0.250. The van der Waals surface area contributed by atoms with E-state index in [2.05, 4.69) is 11.1 Å². The third-order valence-corrected chi connectivity index (χ3v) is 2.28. The van der Waals surface area contributed by atoms with Gasteiger partial charge in [-0.25, -0.2) is 4.98 Å². The molecule has 1 heterocycles. The topological polar surface area (TPSA) is 73.6 Å². The van der Waals surface area contributed by atoms with Crippen LogP contribution < -0.4 is 0 Å². The van der Waals surface area contributed by atoms with E-state index in [4.69, 9.17) is 14.9 Å². The maximum atomic E-state index is 8.56. The summed E-state index contributed by atoms with van der Waals surface area (Å²) < 4.78 is 5.41.